The molecule has 1 saturated heterocycles. The highest BCUT2D eigenvalue weighted by molar-refractivity contribution is 6.63. The molecule has 0 radical (unpaired) electrons. The molecule has 3 aromatic carbocycles. The second kappa shape index (κ2) is 12.8. The Balaban J connectivity index is 0.000000681. The number of hydrogen-bond acceptors (Lipinski definition) is 5. The van der Waals surface area contributed by atoms with Gasteiger partial charge in [-0.2, -0.15) is 5.01 Å². The third-order valence-electron chi connectivity index (χ3n) is 6.54. The molecule has 0 saturated carbocycles. The van der Waals surface area contributed by atoms with Crippen LogP contribution >= 0.6 is 34.8 Å². The minimum Gasteiger partial charge on any atom is -0.497 e. The lowest BCUT2D eigenvalue weighted by atomic mass is 9.97. The van der Waals surface area contributed by atoms with Crippen molar-refractivity contribution in [2.45, 2.75) is 42.8 Å². The quantitative estimate of drug-likeness (QED) is 0.338. The molecule has 0 aliphatic carbocycles. The molecule has 0 unspecified atom stereocenters. The number of alkyl halides is 3. The summed E-state index contributed by atoms with van der Waals surface area (Å²) in [6.45, 7) is 4.03. The molecular weight excluding hydrogens is 559 g/mol. The predicted molar refractivity (Wildman–Crippen MR) is 155 cm³/mol. The zero-order valence-electron chi connectivity index (χ0n) is 22.6. The van der Waals surface area contributed by atoms with Gasteiger partial charge in [-0.3, -0.25) is 9.59 Å². The van der Waals surface area contributed by atoms with E-state index in [-0.39, 0.29) is 18.0 Å². The number of nitrogens with one attached hydrogen (secondary N) is 1. The van der Waals surface area contributed by atoms with E-state index in [1.165, 1.54) is 0 Å². The van der Waals surface area contributed by atoms with E-state index in [1.807, 2.05) is 85.6 Å². The summed E-state index contributed by atoms with van der Waals surface area (Å²) in [4.78, 5) is 31.9. The largest absolute Gasteiger partial charge is 0.497 e. The number of hydrazine groups is 1. The summed E-state index contributed by atoms with van der Waals surface area (Å²) in [5.74, 6) is 0.939. The maximum absolute atomic E-state index is 13.8. The average Bonchev–Trinajstić information content (AvgIpc) is 3.44. The Morgan fingerprint density at radius 3 is 2.18 bits per heavy atom. The van der Waals surface area contributed by atoms with Crippen molar-refractivity contribution in [2.24, 2.45) is 4.99 Å². The van der Waals surface area contributed by atoms with Crippen molar-refractivity contribution in [3.05, 3.63) is 101 Å². The number of benzene rings is 3. The Bertz CT molecular complexity index is 1360. The Morgan fingerprint density at radius 1 is 1.03 bits per heavy atom. The first-order chi connectivity index (χ1) is 19.0. The van der Waals surface area contributed by atoms with E-state index in [0.717, 1.165) is 22.4 Å². The number of fused-ring (bicyclic) bond motifs is 1. The zero-order chi connectivity index (χ0) is 29.0. The standard InChI is InChI=1S/C28H28N4O3.CHCl3/c1-4-23-29-26(20-12-10-18(2)11-13-20)32-25(19-14-16-22(35-3)17-15-19)24(28(34)31(23)32)30-27(33)21-8-6-5-7-9-21;2-1(3)4/h5-17,24-26H,4H2,1-3H3,(H,30,33);1H/t24-,25-,26+;/m1./s1/i;1D. The van der Waals surface area contributed by atoms with Gasteiger partial charge in [0.05, 0.1) is 14.5 Å². The molecule has 1 N–H and O–H groups in total. The van der Waals surface area contributed by atoms with Gasteiger partial charge in [0, 0.05) is 12.0 Å². The van der Waals surface area contributed by atoms with Crippen LogP contribution in [0, 0.1) is 6.92 Å². The summed E-state index contributed by atoms with van der Waals surface area (Å²) in [7, 11) is 1.62. The van der Waals surface area contributed by atoms with Crippen molar-refractivity contribution in [1.82, 2.24) is 15.3 Å². The molecule has 3 atom stereocenters. The first-order valence-corrected chi connectivity index (χ1v) is 13.5. The van der Waals surface area contributed by atoms with Gasteiger partial charge < -0.3 is 10.1 Å². The summed E-state index contributed by atoms with van der Waals surface area (Å²) in [5.41, 5.74) is 3.55. The summed E-state index contributed by atoms with van der Waals surface area (Å²) < 4.78 is 9.74. The number of aryl methyl sites for hydroxylation is 1. The van der Waals surface area contributed by atoms with Gasteiger partial charge in [0.15, 0.2) is 4.27 Å². The number of methoxy groups -OCH3 is 1. The van der Waals surface area contributed by atoms with Crippen LogP contribution in [0.25, 0.3) is 0 Å². The molecule has 39 heavy (non-hydrogen) atoms. The van der Waals surface area contributed by atoms with Crippen LogP contribution in [0.4, 0.5) is 0 Å². The third kappa shape index (κ3) is 6.39. The number of halogens is 3. The number of amides is 2. The first-order valence-electron chi connectivity index (χ1n) is 12.8. The van der Waals surface area contributed by atoms with Crippen LogP contribution in [0.3, 0.4) is 0 Å². The fourth-order valence-corrected chi connectivity index (χ4v) is 4.74. The molecule has 2 aliphatic rings. The van der Waals surface area contributed by atoms with Gasteiger partial charge in [0.25, 0.3) is 11.8 Å². The van der Waals surface area contributed by atoms with E-state index in [2.05, 4.69) is 5.32 Å². The minimum absolute atomic E-state index is 0.190. The molecule has 0 aromatic heterocycles. The van der Waals surface area contributed by atoms with Gasteiger partial charge in [-0.05, 0) is 42.3 Å². The molecule has 5 rings (SSSR count). The fourth-order valence-electron chi connectivity index (χ4n) is 4.74. The number of amidine groups is 1. The lowest BCUT2D eigenvalue weighted by Crippen LogP contribution is -2.44. The van der Waals surface area contributed by atoms with Gasteiger partial charge in [-0.1, -0.05) is 102 Å². The third-order valence-corrected chi connectivity index (χ3v) is 6.54. The summed E-state index contributed by atoms with van der Waals surface area (Å²) >= 11 is 14.2. The maximum Gasteiger partial charge on any atom is 0.267 e. The summed E-state index contributed by atoms with van der Waals surface area (Å²) in [6.07, 6.45) is 0.222. The van der Waals surface area contributed by atoms with Crippen LogP contribution in [0.15, 0.2) is 83.9 Å². The molecule has 1 fully saturated rings. The number of carbonyl (C=O) groups excluding carboxylic acids is 2. The van der Waals surface area contributed by atoms with E-state index in [0.29, 0.717) is 17.8 Å². The van der Waals surface area contributed by atoms with E-state index in [9.17, 15) is 9.59 Å². The lowest BCUT2D eigenvalue weighted by molar-refractivity contribution is -0.132. The summed E-state index contributed by atoms with van der Waals surface area (Å²) in [5, 5.41) is 6.68. The van der Waals surface area contributed by atoms with E-state index >= 15 is 0 Å². The number of rotatable bonds is 6. The Labute approximate surface area is 244 Å². The van der Waals surface area contributed by atoms with Crippen LogP contribution in [-0.4, -0.2) is 45.1 Å². The molecule has 2 amide bonds. The van der Waals surface area contributed by atoms with Crippen molar-refractivity contribution in [1.29, 1.82) is 0 Å². The van der Waals surface area contributed by atoms with Gasteiger partial charge >= 0.3 is 0 Å². The topological polar surface area (TPSA) is 74.2 Å². The molecule has 204 valence electrons. The van der Waals surface area contributed by atoms with Crippen molar-refractivity contribution >= 4 is 52.5 Å². The number of aliphatic imine (C=N–C) groups is 1. The molecule has 10 heteroatoms. The van der Waals surface area contributed by atoms with Crippen LogP contribution < -0.4 is 10.1 Å². The normalized spacial score (nSPS) is 20.9. The highest BCUT2D eigenvalue weighted by Crippen LogP contribution is 2.45. The Kier molecular flexibility index (Phi) is 9.04. The van der Waals surface area contributed by atoms with Gasteiger partial charge in [0.2, 0.25) is 0 Å². The summed E-state index contributed by atoms with van der Waals surface area (Å²) in [6, 6.07) is 23.6. The zero-order valence-corrected chi connectivity index (χ0v) is 23.9. The van der Waals surface area contributed by atoms with Crippen LogP contribution in [0.2, 0.25) is 0 Å². The smallest absolute Gasteiger partial charge is 0.267 e. The monoisotopic (exact) mass is 587 g/mol. The SMILES string of the molecule is CCC1=N[C@H](c2ccc(C)cc2)N2[C@H](c3ccc(OC)cc3)[C@@H](NC(=O)c3ccccc3)C(=O)N12.[2H]C(Cl)(Cl)Cl. The number of nitrogens with zero attached hydrogens (tertiary/aromatic N) is 3. The van der Waals surface area contributed by atoms with E-state index in [4.69, 9.17) is 45.9 Å². The van der Waals surface area contributed by atoms with Crippen LogP contribution in [0.1, 0.15) is 54.0 Å². The van der Waals surface area contributed by atoms with Crippen molar-refractivity contribution in [2.75, 3.05) is 7.11 Å². The predicted octanol–water partition coefficient (Wildman–Crippen LogP) is 6.41. The minimum atomic E-state index is -1.83. The highest BCUT2D eigenvalue weighted by Gasteiger charge is 2.55. The molecule has 2 aliphatic heterocycles. The van der Waals surface area contributed by atoms with Crippen molar-refractivity contribution in [3.8, 4) is 5.75 Å². The molecular formula is C29H29Cl3N4O3. The van der Waals surface area contributed by atoms with E-state index < -0.39 is 16.4 Å². The van der Waals surface area contributed by atoms with Gasteiger partial charge in [-0.15, -0.1) is 0 Å². The number of ether oxygens (including phenoxy) is 1. The highest BCUT2D eigenvalue weighted by atomic mass is 35.6. The maximum atomic E-state index is 13.8. The van der Waals surface area contributed by atoms with Crippen molar-refractivity contribution in [3.63, 3.8) is 0 Å². The molecule has 3 aromatic rings. The van der Waals surface area contributed by atoms with Crippen LogP contribution in [0.5, 0.6) is 5.75 Å². The molecule has 2 heterocycles. The fraction of sp³-hybridized carbons (Fsp3) is 0.276. The molecule has 7 nitrogen and oxygen atoms in total. The van der Waals surface area contributed by atoms with E-state index in [1.54, 1.807) is 24.3 Å². The number of carbonyl (C=O) groups is 2. The first kappa shape index (κ1) is 27.5. The second-order valence-corrected chi connectivity index (χ2v) is 10.7. The second-order valence-electron chi connectivity index (χ2n) is 8.96. The van der Waals surface area contributed by atoms with Gasteiger partial charge in [-0.25, -0.2) is 10.0 Å². The molecule has 0 bridgehead atoms. The van der Waals surface area contributed by atoms with Crippen LogP contribution in [-0.2, 0) is 4.79 Å². The average molecular weight is 589 g/mol. The van der Waals surface area contributed by atoms with Crippen molar-refractivity contribution < 1.29 is 15.7 Å². The molecule has 0 spiro atoms. The lowest BCUT2D eigenvalue weighted by Gasteiger charge is -2.31. The van der Waals surface area contributed by atoms with Gasteiger partial charge in [0.1, 0.15) is 23.8 Å². The number of hydrogen-bond donors (Lipinski definition) is 1. The Hall–Kier alpha value is -3.10. The Morgan fingerprint density at radius 2 is 1.62 bits per heavy atom.